The van der Waals surface area contributed by atoms with Crippen LogP contribution in [0.3, 0.4) is 0 Å². The summed E-state index contributed by atoms with van der Waals surface area (Å²) in [6.45, 7) is 0. The van der Waals surface area contributed by atoms with Gasteiger partial charge in [0.1, 0.15) is 0 Å². The van der Waals surface area contributed by atoms with E-state index in [-0.39, 0.29) is 11.4 Å². The van der Waals surface area contributed by atoms with E-state index in [9.17, 15) is 20.2 Å². The predicted octanol–water partition coefficient (Wildman–Crippen LogP) is 4.34. The van der Waals surface area contributed by atoms with Crippen LogP contribution in [0, 0.1) is 27.4 Å². The molecule has 0 spiro atoms. The molecular formula is C12H6BrIN2O4. The molecule has 102 valence electrons. The van der Waals surface area contributed by atoms with Crippen molar-refractivity contribution in [1.29, 1.82) is 0 Å². The van der Waals surface area contributed by atoms with Crippen molar-refractivity contribution in [1.82, 2.24) is 0 Å². The Bertz CT molecular complexity index is 702. The van der Waals surface area contributed by atoms with Gasteiger partial charge in [-0.05, 0) is 0 Å². The van der Waals surface area contributed by atoms with Gasteiger partial charge < -0.3 is 0 Å². The second kappa shape index (κ2) is 4.77. The first kappa shape index (κ1) is 13.4. The average Bonchev–Trinajstić information content (AvgIpc) is 2.72. The van der Waals surface area contributed by atoms with E-state index in [0.29, 0.717) is 11.1 Å². The van der Waals surface area contributed by atoms with Gasteiger partial charge in [0.25, 0.3) is 0 Å². The van der Waals surface area contributed by atoms with E-state index in [4.69, 9.17) is 0 Å². The second-order valence-electron chi connectivity index (χ2n) is 4.02. The normalized spacial score (nSPS) is 13.8. The van der Waals surface area contributed by atoms with Gasteiger partial charge in [-0.3, -0.25) is 0 Å². The monoisotopic (exact) mass is 448 g/mol. The van der Waals surface area contributed by atoms with Crippen LogP contribution < -0.4 is 0 Å². The fraction of sp³-hybridized carbons (Fsp3) is 0. The van der Waals surface area contributed by atoms with Crippen LogP contribution in [0.1, 0.15) is 0 Å². The van der Waals surface area contributed by atoms with Gasteiger partial charge >= 0.3 is 126 Å². The molecule has 2 aromatic rings. The molecule has 0 aromatic heterocycles. The van der Waals surface area contributed by atoms with Crippen molar-refractivity contribution in [2.45, 2.75) is 0 Å². The van der Waals surface area contributed by atoms with Crippen molar-refractivity contribution in [2.24, 2.45) is 0 Å². The first-order chi connectivity index (χ1) is 9.52. The molecule has 6 nitrogen and oxygen atoms in total. The Morgan fingerprint density at radius 1 is 0.850 bits per heavy atom. The summed E-state index contributed by atoms with van der Waals surface area (Å²) in [5.74, 6) is 0. The Kier molecular flexibility index (Phi) is 3.21. The molecule has 0 fully saturated rings. The SMILES string of the molecule is O=[N+]([O-])c1cccc2c1-c1c([N+](=O)[O-])cccc1I2Br. The molecule has 0 amide bonds. The van der Waals surface area contributed by atoms with Gasteiger partial charge in [0, 0.05) is 0 Å². The van der Waals surface area contributed by atoms with Crippen molar-refractivity contribution in [2.75, 3.05) is 0 Å². The summed E-state index contributed by atoms with van der Waals surface area (Å²) in [4.78, 5) is 21.4. The van der Waals surface area contributed by atoms with E-state index in [2.05, 4.69) is 12.7 Å². The van der Waals surface area contributed by atoms with E-state index >= 15 is 0 Å². The summed E-state index contributed by atoms with van der Waals surface area (Å²) in [5, 5.41) is 22.4. The van der Waals surface area contributed by atoms with Crippen LogP contribution >= 0.6 is 30.3 Å². The maximum atomic E-state index is 11.2. The van der Waals surface area contributed by atoms with Crippen LogP contribution in [0.15, 0.2) is 36.4 Å². The molecule has 0 aliphatic carbocycles. The summed E-state index contributed by atoms with van der Waals surface area (Å²) >= 11 is 1.64. The van der Waals surface area contributed by atoms with Crippen molar-refractivity contribution >= 4 is 41.7 Å². The number of nitro groups is 2. The molecule has 20 heavy (non-hydrogen) atoms. The molecule has 3 rings (SSSR count). The molecular weight excluding hydrogens is 443 g/mol. The minimum absolute atomic E-state index is 0.0719. The van der Waals surface area contributed by atoms with E-state index in [1.807, 2.05) is 12.1 Å². The second-order valence-corrected chi connectivity index (χ2v) is 11.7. The molecule has 0 radical (unpaired) electrons. The third-order valence-corrected chi connectivity index (χ3v) is 11.2. The van der Waals surface area contributed by atoms with Gasteiger partial charge in [-0.25, -0.2) is 0 Å². The number of benzene rings is 2. The molecule has 1 aliphatic rings. The van der Waals surface area contributed by atoms with Gasteiger partial charge in [-0.1, -0.05) is 0 Å². The molecule has 1 aliphatic heterocycles. The summed E-state index contributed by atoms with van der Waals surface area (Å²) < 4.78 is 1.68. The first-order valence-electron chi connectivity index (χ1n) is 5.44. The van der Waals surface area contributed by atoms with E-state index in [1.165, 1.54) is 12.1 Å². The number of nitro benzene ring substituents is 2. The van der Waals surface area contributed by atoms with Crippen molar-refractivity contribution in [3.05, 3.63) is 63.8 Å². The van der Waals surface area contributed by atoms with E-state index < -0.39 is 27.4 Å². The van der Waals surface area contributed by atoms with Crippen molar-refractivity contribution < 1.29 is 9.85 Å². The summed E-state index contributed by atoms with van der Waals surface area (Å²) in [6.07, 6.45) is 0. The zero-order valence-electron chi connectivity index (χ0n) is 9.75. The summed E-state index contributed by atoms with van der Waals surface area (Å²) in [7, 11) is 0. The Balaban J connectivity index is 2.43. The molecule has 2 aromatic carbocycles. The van der Waals surface area contributed by atoms with Gasteiger partial charge in [-0.2, -0.15) is 0 Å². The van der Waals surface area contributed by atoms with Crippen molar-refractivity contribution in [3.8, 4) is 11.1 Å². The standard InChI is InChI=1S/C12H6BrIN2O4/c13-14-7-3-1-5-9(15(17)18)11(7)12-8(14)4-2-6-10(12)16(19)20/h1-6H. The molecule has 8 heteroatoms. The molecule has 1 heterocycles. The molecule has 0 bridgehead atoms. The number of nitrogens with zero attached hydrogens (tertiary/aromatic N) is 2. The zero-order chi connectivity index (χ0) is 14.4. The van der Waals surface area contributed by atoms with Crippen LogP contribution in [-0.4, -0.2) is 9.85 Å². The van der Waals surface area contributed by atoms with Crippen molar-refractivity contribution in [3.63, 3.8) is 0 Å². The van der Waals surface area contributed by atoms with Gasteiger partial charge in [-0.15, -0.1) is 0 Å². The maximum absolute atomic E-state index is 11.2. The number of hydrogen-bond donors (Lipinski definition) is 0. The Hall–Kier alpha value is -1.55. The number of halogens is 2. The first-order valence-corrected chi connectivity index (χ1v) is 12.4. The fourth-order valence-corrected chi connectivity index (χ4v) is 9.27. The quantitative estimate of drug-likeness (QED) is 0.388. The Morgan fingerprint density at radius 2 is 1.25 bits per heavy atom. The molecule has 0 unspecified atom stereocenters. The zero-order valence-corrected chi connectivity index (χ0v) is 13.5. The van der Waals surface area contributed by atoms with Crippen LogP contribution in [0.2, 0.25) is 0 Å². The third-order valence-electron chi connectivity index (χ3n) is 2.98. The Morgan fingerprint density at radius 3 is 1.60 bits per heavy atom. The summed E-state index contributed by atoms with van der Waals surface area (Å²) in [6, 6.07) is 9.65. The summed E-state index contributed by atoms with van der Waals surface area (Å²) in [5.41, 5.74) is 0.665. The Labute approximate surface area is 126 Å². The molecule has 0 atom stereocenters. The van der Waals surface area contributed by atoms with Gasteiger partial charge in [0.2, 0.25) is 0 Å². The van der Waals surface area contributed by atoms with Crippen LogP contribution in [0.25, 0.3) is 11.1 Å². The number of hydrogen-bond acceptors (Lipinski definition) is 4. The number of fused-ring (bicyclic) bond motifs is 3. The van der Waals surface area contributed by atoms with Crippen LogP contribution in [0.4, 0.5) is 11.4 Å². The van der Waals surface area contributed by atoms with Crippen LogP contribution in [-0.2, 0) is 0 Å². The van der Waals surface area contributed by atoms with E-state index in [0.717, 1.165) is 7.14 Å². The van der Waals surface area contributed by atoms with Crippen LogP contribution in [0.5, 0.6) is 0 Å². The molecule has 0 saturated carbocycles. The van der Waals surface area contributed by atoms with Gasteiger partial charge in [0.15, 0.2) is 0 Å². The molecule has 0 saturated heterocycles. The fourth-order valence-electron chi connectivity index (χ4n) is 2.21. The molecule has 0 N–H and O–H groups in total. The topological polar surface area (TPSA) is 86.3 Å². The average molecular weight is 449 g/mol. The van der Waals surface area contributed by atoms with Gasteiger partial charge in [0.05, 0.1) is 0 Å². The predicted molar refractivity (Wildman–Crippen MR) is 85.5 cm³/mol. The third kappa shape index (κ3) is 1.82. The number of rotatable bonds is 2. The minimum atomic E-state index is -1.97. The van der Waals surface area contributed by atoms with E-state index in [1.54, 1.807) is 12.1 Å².